The van der Waals surface area contributed by atoms with Gasteiger partial charge in [-0.1, -0.05) is 42.1 Å². The third-order valence-corrected chi connectivity index (χ3v) is 8.07. The maximum absolute atomic E-state index is 13.6. The molecular formula is C20H17F3N2O4S2. The van der Waals surface area contributed by atoms with E-state index in [1.807, 2.05) is 0 Å². The molecular weight excluding hydrogens is 453 g/mol. The summed E-state index contributed by atoms with van der Waals surface area (Å²) < 4.78 is 70.4. The number of amidine groups is 1. The molecule has 0 radical (unpaired) electrons. The van der Waals surface area contributed by atoms with Crippen LogP contribution in [0.15, 0.2) is 59.6 Å². The first-order valence-electron chi connectivity index (χ1n) is 9.26. The Bertz CT molecular complexity index is 1120. The third-order valence-electron chi connectivity index (χ3n) is 4.86. The minimum Gasteiger partial charge on any atom is -0.484 e. The van der Waals surface area contributed by atoms with Gasteiger partial charge in [-0.15, -0.1) is 0 Å². The van der Waals surface area contributed by atoms with E-state index in [0.29, 0.717) is 5.75 Å². The first-order valence-corrected chi connectivity index (χ1v) is 12.0. The van der Waals surface area contributed by atoms with Crippen molar-refractivity contribution in [2.75, 3.05) is 23.0 Å². The SMILES string of the molecule is O=C(COc1ccccc1)N=C1S[C@H]2CS(=O)(=O)C[C@@H]2N1c1ccccc1C(F)(F)F. The number of benzene rings is 2. The second kappa shape index (κ2) is 8.19. The maximum Gasteiger partial charge on any atom is 0.418 e. The van der Waals surface area contributed by atoms with E-state index in [0.717, 1.165) is 17.8 Å². The summed E-state index contributed by atoms with van der Waals surface area (Å²) in [6.07, 6.45) is -4.65. The van der Waals surface area contributed by atoms with Gasteiger partial charge in [0, 0.05) is 5.25 Å². The Morgan fingerprint density at radius 2 is 1.77 bits per heavy atom. The second-order valence-electron chi connectivity index (χ2n) is 7.08. The number of sulfone groups is 1. The fourth-order valence-corrected chi connectivity index (χ4v) is 7.49. The molecule has 164 valence electrons. The van der Waals surface area contributed by atoms with Gasteiger partial charge in [-0.25, -0.2) is 8.42 Å². The van der Waals surface area contributed by atoms with Crippen molar-refractivity contribution in [1.82, 2.24) is 0 Å². The standard InChI is InChI=1S/C20H17F3N2O4S2/c21-20(22,23)14-8-4-5-9-15(14)25-16-11-31(27,28)12-17(16)30-19(25)24-18(26)10-29-13-6-2-1-3-7-13/h1-9,16-17H,10-12H2/t16-,17-/m0/s1. The zero-order valence-electron chi connectivity index (χ0n) is 15.9. The monoisotopic (exact) mass is 470 g/mol. The molecule has 0 saturated carbocycles. The Hall–Kier alpha value is -2.53. The molecule has 31 heavy (non-hydrogen) atoms. The second-order valence-corrected chi connectivity index (χ2v) is 10.4. The van der Waals surface area contributed by atoms with Gasteiger partial charge in [-0.3, -0.25) is 4.79 Å². The van der Waals surface area contributed by atoms with Crippen LogP contribution in [-0.2, 0) is 20.8 Å². The molecule has 2 aromatic rings. The molecule has 2 atom stereocenters. The van der Waals surface area contributed by atoms with Gasteiger partial charge in [-0.2, -0.15) is 18.2 Å². The van der Waals surface area contributed by atoms with Crippen molar-refractivity contribution >= 4 is 38.4 Å². The average molecular weight is 470 g/mol. The van der Waals surface area contributed by atoms with Gasteiger partial charge in [0.05, 0.1) is 28.8 Å². The lowest BCUT2D eigenvalue weighted by molar-refractivity contribution is -0.137. The number of amides is 1. The van der Waals surface area contributed by atoms with Crippen LogP contribution in [-0.4, -0.2) is 48.9 Å². The summed E-state index contributed by atoms with van der Waals surface area (Å²) in [6.45, 7) is -0.392. The number of para-hydroxylation sites is 2. The lowest BCUT2D eigenvalue weighted by atomic mass is 10.1. The van der Waals surface area contributed by atoms with Gasteiger partial charge in [0.15, 0.2) is 21.6 Å². The van der Waals surface area contributed by atoms with Crippen molar-refractivity contribution in [2.45, 2.75) is 17.5 Å². The third kappa shape index (κ3) is 4.72. The van der Waals surface area contributed by atoms with E-state index >= 15 is 0 Å². The number of rotatable bonds is 4. The van der Waals surface area contributed by atoms with Crippen LogP contribution in [0.4, 0.5) is 18.9 Å². The number of anilines is 1. The Morgan fingerprint density at radius 1 is 1.10 bits per heavy atom. The fourth-order valence-electron chi connectivity index (χ4n) is 3.57. The van der Waals surface area contributed by atoms with E-state index in [-0.39, 0.29) is 22.4 Å². The molecule has 1 amide bonds. The lowest BCUT2D eigenvalue weighted by Crippen LogP contribution is -2.39. The lowest BCUT2D eigenvalue weighted by Gasteiger charge is -2.27. The fraction of sp³-hybridized carbons (Fsp3) is 0.300. The molecule has 2 aliphatic heterocycles. The van der Waals surface area contributed by atoms with Gasteiger partial charge in [0.1, 0.15) is 5.75 Å². The summed E-state index contributed by atoms with van der Waals surface area (Å²) in [4.78, 5) is 17.6. The van der Waals surface area contributed by atoms with Crippen molar-refractivity contribution in [3.8, 4) is 5.75 Å². The number of hydrogen-bond donors (Lipinski definition) is 0. The molecule has 6 nitrogen and oxygen atoms in total. The number of hydrogen-bond acceptors (Lipinski definition) is 5. The molecule has 4 rings (SSSR count). The normalized spacial score (nSPS) is 23.7. The van der Waals surface area contributed by atoms with Crippen LogP contribution in [0.25, 0.3) is 0 Å². The predicted molar refractivity (Wildman–Crippen MR) is 112 cm³/mol. The molecule has 2 saturated heterocycles. The van der Waals surface area contributed by atoms with Gasteiger partial charge in [0.25, 0.3) is 5.91 Å². The van der Waals surface area contributed by atoms with Crippen molar-refractivity contribution in [1.29, 1.82) is 0 Å². The first kappa shape index (κ1) is 21.7. The smallest absolute Gasteiger partial charge is 0.418 e. The Kier molecular flexibility index (Phi) is 5.73. The quantitative estimate of drug-likeness (QED) is 0.682. The maximum atomic E-state index is 13.6. The van der Waals surface area contributed by atoms with E-state index in [4.69, 9.17) is 4.74 Å². The van der Waals surface area contributed by atoms with Crippen LogP contribution in [0.3, 0.4) is 0 Å². The van der Waals surface area contributed by atoms with Crippen LogP contribution >= 0.6 is 11.8 Å². The molecule has 0 aliphatic carbocycles. The van der Waals surface area contributed by atoms with Gasteiger partial charge in [-0.05, 0) is 24.3 Å². The molecule has 0 bridgehead atoms. The Morgan fingerprint density at radius 3 is 2.48 bits per heavy atom. The Balaban J connectivity index is 1.66. The largest absolute Gasteiger partial charge is 0.484 e. The summed E-state index contributed by atoms with van der Waals surface area (Å²) in [5, 5.41) is -0.462. The molecule has 0 spiro atoms. The molecule has 2 heterocycles. The molecule has 0 N–H and O–H groups in total. The van der Waals surface area contributed by atoms with Crippen LogP contribution < -0.4 is 9.64 Å². The minimum absolute atomic E-state index is 0.0447. The van der Waals surface area contributed by atoms with E-state index in [2.05, 4.69) is 4.99 Å². The summed E-state index contributed by atoms with van der Waals surface area (Å²) >= 11 is 1.01. The molecule has 0 unspecified atom stereocenters. The molecule has 11 heteroatoms. The van der Waals surface area contributed by atoms with Gasteiger partial charge in [0.2, 0.25) is 0 Å². The van der Waals surface area contributed by atoms with Gasteiger partial charge < -0.3 is 9.64 Å². The van der Waals surface area contributed by atoms with Crippen LogP contribution in [0.5, 0.6) is 5.75 Å². The highest BCUT2D eigenvalue weighted by Crippen LogP contribution is 2.45. The summed E-state index contributed by atoms with van der Waals surface area (Å²) in [5.74, 6) is -0.702. The zero-order chi connectivity index (χ0) is 22.2. The summed E-state index contributed by atoms with van der Waals surface area (Å²) in [6, 6.07) is 12.7. The minimum atomic E-state index is -4.65. The van der Waals surface area contributed by atoms with E-state index in [1.54, 1.807) is 30.3 Å². The number of halogens is 3. The predicted octanol–water partition coefficient (Wildman–Crippen LogP) is 3.39. The number of thioether (sulfide) groups is 1. The number of nitrogens with zero attached hydrogens (tertiary/aromatic N) is 2. The highest BCUT2D eigenvalue weighted by atomic mass is 32.2. The summed E-state index contributed by atoms with van der Waals surface area (Å²) in [5.41, 5.74) is -1.14. The first-order chi connectivity index (χ1) is 14.6. The highest BCUT2D eigenvalue weighted by molar-refractivity contribution is 8.16. The van der Waals surface area contributed by atoms with Crippen molar-refractivity contribution in [2.24, 2.45) is 4.99 Å². The molecule has 2 aliphatic rings. The zero-order valence-corrected chi connectivity index (χ0v) is 17.6. The number of carbonyl (C=O) groups excluding carboxylic acids is 1. The number of ether oxygens (including phenoxy) is 1. The van der Waals surface area contributed by atoms with Crippen LogP contribution in [0, 0.1) is 0 Å². The summed E-state index contributed by atoms with van der Waals surface area (Å²) in [7, 11) is -3.40. The molecule has 2 fully saturated rings. The van der Waals surface area contributed by atoms with Crippen molar-refractivity contribution in [3.63, 3.8) is 0 Å². The van der Waals surface area contributed by atoms with Crippen LogP contribution in [0.2, 0.25) is 0 Å². The Labute approximate surface area is 181 Å². The van der Waals surface area contributed by atoms with E-state index in [9.17, 15) is 26.4 Å². The van der Waals surface area contributed by atoms with Crippen LogP contribution in [0.1, 0.15) is 5.56 Å². The average Bonchev–Trinajstić information content (AvgIpc) is 3.17. The van der Waals surface area contributed by atoms with Gasteiger partial charge >= 0.3 is 6.18 Å². The molecule has 0 aromatic heterocycles. The van der Waals surface area contributed by atoms with E-state index < -0.39 is 45.4 Å². The highest BCUT2D eigenvalue weighted by Gasteiger charge is 2.51. The number of carbonyl (C=O) groups is 1. The van der Waals surface area contributed by atoms with Crippen molar-refractivity contribution in [3.05, 3.63) is 60.2 Å². The topological polar surface area (TPSA) is 76.0 Å². The van der Waals surface area contributed by atoms with Crippen molar-refractivity contribution < 1.29 is 31.1 Å². The number of aliphatic imine (C=N–C) groups is 1. The number of alkyl halides is 3. The molecule has 2 aromatic carbocycles. The number of fused-ring (bicyclic) bond motifs is 1. The van der Waals surface area contributed by atoms with E-state index in [1.165, 1.54) is 23.1 Å².